The third-order valence-electron chi connectivity index (χ3n) is 5.36. The van der Waals surface area contributed by atoms with E-state index in [1.54, 1.807) is 0 Å². The van der Waals surface area contributed by atoms with E-state index < -0.39 is 8.32 Å². The maximum atomic E-state index is 6.76. The van der Waals surface area contributed by atoms with E-state index in [0.29, 0.717) is 24.9 Å². The summed E-state index contributed by atoms with van der Waals surface area (Å²) in [5.41, 5.74) is 1.60. The Kier molecular flexibility index (Phi) is 7.19. The van der Waals surface area contributed by atoms with Gasteiger partial charge in [-0.15, -0.1) is 0 Å². The summed E-state index contributed by atoms with van der Waals surface area (Å²) in [7, 11) is -1.92. The molecule has 1 heterocycles. The highest BCUT2D eigenvalue weighted by Crippen LogP contribution is 2.40. The van der Waals surface area contributed by atoms with Crippen molar-refractivity contribution in [3.05, 3.63) is 41.3 Å². The fourth-order valence-corrected chi connectivity index (χ4v) is 5.13. The summed E-state index contributed by atoms with van der Waals surface area (Å²) in [6.45, 7) is 19.4. The molecule has 156 valence electrons. The first-order valence-corrected chi connectivity index (χ1v) is 13.2. The zero-order valence-corrected chi connectivity index (χ0v) is 20.4. The summed E-state index contributed by atoms with van der Waals surface area (Å²) in [4.78, 5) is 4.61. The predicted octanol–water partition coefficient (Wildman–Crippen LogP) is 6.54. The molecule has 0 saturated heterocycles. The largest absolute Gasteiger partial charge is 0.410 e. The molecule has 0 bridgehead atoms. The number of hydrogen-bond donors (Lipinski definition) is 0. The van der Waals surface area contributed by atoms with Crippen LogP contribution in [0.2, 0.25) is 23.3 Å². The zero-order chi connectivity index (χ0) is 21.2. The van der Waals surface area contributed by atoms with Crippen molar-refractivity contribution in [3.8, 4) is 11.3 Å². The SMILES string of the molecule is CCOCc1nc(Cl)c(-c2ccccc2)n1CC(C)(C)O[Si](C)(C)C(C)(C)C. The van der Waals surface area contributed by atoms with Crippen LogP contribution in [0.4, 0.5) is 0 Å². The minimum Gasteiger partial charge on any atom is -0.410 e. The number of rotatable bonds is 8. The van der Waals surface area contributed by atoms with Crippen molar-refractivity contribution in [2.45, 2.75) is 78.4 Å². The second kappa shape index (κ2) is 8.70. The molecule has 0 N–H and O–H groups in total. The van der Waals surface area contributed by atoms with Gasteiger partial charge in [-0.25, -0.2) is 4.98 Å². The van der Waals surface area contributed by atoms with E-state index in [0.717, 1.165) is 17.1 Å². The maximum absolute atomic E-state index is 6.76. The van der Waals surface area contributed by atoms with Crippen LogP contribution in [0.5, 0.6) is 0 Å². The summed E-state index contributed by atoms with van der Waals surface area (Å²) >= 11 is 6.58. The highest BCUT2D eigenvalue weighted by molar-refractivity contribution is 6.74. The molecule has 4 nitrogen and oxygen atoms in total. The topological polar surface area (TPSA) is 36.3 Å². The highest BCUT2D eigenvalue weighted by atomic mass is 35.5. The zero-order valence-electron chi connectivity index (χ0n) is 18.6. The summed E-state index contributed by atoms with van der Waals surface area (Å²) in [5.74, 6) is 0.831. The van der Waals surface area contributed by atoms with Crippen LogP contribution >= 0.6 is 11.6 Å². The van der Waals surface area contributed by atoms with Crippen LogP contribution in [-0.4, -0.2) is 30.1 Å². The standard InChI is InChI=1S/C22H35ClN2O2Si/c1-9-26-15-18-24-20(23)19(17-13-11-10-12-14-17)25(18)16-22(5,6)27-28(7,8)21(2,3)4/h10-14H,9,15-16H2,1-8H3. The van der Waals surface area contributed by atoms with Gasteiger partial charge < -0.3 is 13.7 Å². The third kappa shape index (κ3) is 5.47. The number of nitrogens with zero attached hydrogens (tertiary/aromatic N) is 2. The number of aromatic nitrogens is 2. The molecule has 2 aromatic rings. The molecule has 2 rings (SSSR count). The first kappa shape index (κ1) is 23.1. The number of ether oxygens (including phenoxy) is 1. The first-order chi connectivity index (χ1) is 12.9. The Hall–Kier alpha value is -1.14. The van der Waals surface area contributed by atoms with Gasteiger partial charge in [0.05, 0.1) is 17.8 Å². The molecular formula is C22H35ClN2O2Si. The Morgan fingerprint density at radius 3 is 2.21 bits per heavy atom. The molecule has 0 aliphatic heterocycles. The van der Waals surface area contributed by atoms with Crippen LogP contribution in [0.1, 0.15) is 47.4 Å². The van der Waals surface area contributed by atoms with Crippen molar-refractivity contribution < 1.29 is 9.16 Å². The van der Waals surface area contributed by atoms with Gasteiger partial charge >= 0.3 is 0 Å². The monoisotopic (exact) mass is 422 g/mol. The highest BCUT2D eigenvalue weighted by Gasteiger charge is 2.42. The molecule has 0 unspecified atom stereocenters. The fourth-order valence-electron chi connectivity index (χ4n) is 3.07. The second-order valence-electron chi connectivity index (χ2n) is 9.38. The number of hydrogen-bond acceptors (Lipinski definition) is 3. The molecule has 1 aromatic heterocycles. The molecule has 0 atom stereocenters. The van der Waals surface area contributed by atoms with Crippen LogP contribution in [0.15, 0.2) is 30.3 Å². The van der Waals surface area contributed by atoms with Crippen molar-refractivity contribution in [2.24, 2.45) is 0 Å². The van der Waals surface area contributed by atoms with Crippen LogP contribution < -0.4 is 0 Å². The van der Waals surface area contributed by atoms with Crippen molar-refractivity contribution in [3.63, 3.8) is 0 Å². The molecule has 0 aliphatic rings. The average molecular weight is 423 g/mol. The lowest BCUT2D eigenvalue weighted by Crippen LogP contribution is -2.49. The molecule has 0 aliphatic carbocycles. The van der Waals surface area contributed by atoms with Gasteiger partial charge in [0.25, 0.3) is 0 Å². The Labute approximate surface area is 176 Å². The molecule has 28 heavy (non-hydrogen) atoms. The molecule has 0 amide bonds. The summed E-state index contributed by atoms with van der Waals surface area (Å²) in [6, 6.07) is 10.2. The fraction of sp³-hybridized carbons (Fsp3) is 0.591. The van der Waals surface area contributed by atoms with Gasteiger partial charge in [-0.05, 0) is 38.9 Å². The van der Waals surface area contributed by atoms with Crippen molar-refractivity contribution >= 4 is 19.9 Å². The lowest BCUT2D eigenvalue weighted by atomic mass is 10.1. The van der Waals surface area contributed by atoms with E-state index in [2.05, 4.69) is 69.4 Å². The molecule has 0 saturated carbocycles. The molecule has 6 heteroatoms. The van der Waals surface area contributed by atoms with Crippen LogP contribution in [-0.2, 0) is 22.3 Å². The van der Waals surface area contributed by atoms with Crippen LogP contribution in [0.3, 0.4) is 0 Å². The van der Waals surface area contributed by atoms with E-state index in [-0.39, 0.29) is 10.6 Å². The Bertz CT molecular complexity index is 780. The van der Waals surface area contributed by atoms with E-state index in [1.165, 1.54) is 0 Å². The molecular weight excluding hydrogens is 388 g/mol. The van der Waals surface area contributed by atoms with Gasteiger partial charge in [0.15, 0.2) is 13.5 Å². The quantitative estimate of drug-likeness (QED) is 0.453. The minimum atomic E-state index is -1.92. The summed E-state index contributed by atoms with van der Waals surface area (Å²) < 4.78 is 14.6. The van der Waals surface area contributed by atoms with Crippen molar-refractivity contribution in [1.82, 2.24) is 9.55 Å². The minimum absolute atomic E-state index is 0.146. The smallest absolute Gasteiger partial charge is 0.192 e. The second-order valence-corrected chi connectivity index (χ2v) is 14.5. The number of imidazole rings is 1. The molecule has 1 aromatic carbocycles. The van der Waals surface area contributed by atoms with Gasteiger partial charge in [0.2, 0.25) is 0 Å². The van der Waals surface area contributed by atoms with Crippen LogP contribution in [0, 0.1) is 0 Å². The Morgan fingerprint density at radius 1 is 1.07 bits per heavy atom. The lowest BCUT2D eigenvalue weighted by molar-refractivity contribution is 0.0681. The van der Waals surface area contributed by atoms with Gasteiger partial charge in [-0.2, -0.15) is 0 Å². The summed E-state index contributed by atoms with van der Waals surface area (Å²) in [6.07, 6.45) is 0. The van der Waals surface area contributed by atoms with Crippen molar-refractivity contribution in [2.75, 3.05) is 6.61 Å². The van der Waals surface area contributed by atoms with Gasteiger partial charge in [-0.3, -0.25) is 0 Å². The van der Waals surface area contributed by atoms with Crippen LogP contribution in [0.25, 0.3) is 11.3 Å². The van der Waals surface area contributed by atoms with E-state index >= 15 is 0 Å². The van der Waals surface area contributed by atoms with E-state index in [9.17, 15) is 0 Å². The first-order valence-electron chi connectivity index (χ1n) is 9.96. The number of benzene rings is 1. The summed E-state index contributed by atoms with van der Waals surface area (Å²) in [5, 5.41) is 0.650. The Morgan fingerprint density at radius 2 is 1.68 bits per heavy atom. The van der Waals surface area contributed by atoms with E-state index in [1.807, 2.05) is 25.1 Å². The van der Waals surface area contributed by atoms with Gasteiger partial charge in [0, 0.05) is 12.2 Å². The average Bonchev–Trinajstić information content (AvgIpc) is 2.86. The molecule has 0 radical (unpaired) electrons. The van der Waals surface area contributed by atoms with E-state index in [4.69, 9.17) is 20.8 Å². The molecule has 0 spiro atoms. The van der Waals surface area contributed by atoms with Gasteiger partial charge in [0.1, 0.15) is 12.4 Å². The van der Waals surface area contributed by atoms with Crippen molar-refractivity contribution in [1.29, 1.82) is 0 Å². The molecule has 0 fully saturated rings. The number of halogens is 1. The maximum Gasteiger partial charge on any atom is 0.192 e. The normalized spacial score (nSPS) is 13.2. The predicted molar refractivity (Wildman–Crippen MR) is 120 cm³/mol. The Balaban J connectivity index is 2.44. The van der Waals surface area contributed by atoms with Gasteiger partial charge in [-0.1, -0.05) is 62.7 Å². The lowest BCUT2D eigenvalue weighted by Gasteiger charge is -2.43. The third-order valence-corrected chi connectivity index (χ3v) is 10.3.